The van der Waals surface area contributed by atoms with Gasteiger partial charge in [0.2, 0.25) is 0 Å². The third-order valence-corrected chi connectivity index (χ3v) is 3.98. The van der Waals surface area contributed by atoms with Gasteiger partial charge in [-0.05, 0) is 36.2 Å². The standard InChI is InChI=1S/C18H18ClN5O2/c19-14-4-2-13(3-5-14)16-15(12-6-9-21-10-7-12)17(24-23-16)22-8-1-11-26-18(20)25/h2-7,9-10H,1,8,11H2,(H2,20,25)(H2,22,23,24). The Hall–Kier alpha value is -3.06. The molecule has 0 spiro atoms. The molecule has 2 aromatic heterocycles. The van der Waals surface area contributed by atoms with Crippen molar-refractivity contribution < 1.29 is 9.53 Å². The predicted molar refractivity (Wildman–Crippen MR) is 101 cm³/mol. The lowest BCUT2D eigenvalue weighted by molar-refractivity contribution is 0.156. The fourth-order valence-corrected chi connectivity index (χ4v) is 2.67. The first-order valence-corrected chi connectivity index (χ1v) is 8.44. The number of rotatable bonds is 7. The summed E-state index contributed by atoms with van der Waals surface area (Å²) in [5, 5.41) is 11.4. The second-order valence-corrected chi connectivity index (χ2v) is 5.95. The van der Waals surface area contributed by atoms with E-state index in [0.717, 1.165) is 22.4 Å². The molecule has 1 amide bonds. The van der Waals surface area contributed by atoms with Crippen molar-refractivity contribution in [3.05, 3.63) is 53.8 Å². The van der Waals surface area contributed by atoms with Crippen LogP contribution in [0.1, 0.15) is 6.42 Å². The monoisotopic (exact) mass is 371 g/mol. The number of anilines is 1. The van der Waals surface area contributed by atoms with Crippen LogP contribution in [0, 0.1) is 0 Å². The SMILES string of the molecule is NC(=O)OCCCNc1n[nH]c(-c2ccc(Cl)cc2)c1-c1ccncc1. The molecular weight excluding hydrogens is 354 g/mol. The van der Waals surface area contributed by atoms with Crippen LogP contribution in [0.3, 0.4) is 0 Å². The number of carbonyl (C=O) groups excluding carboxylic acids is 1. The Morgan fingerprint density at radius 1 is 1.15 bits per heavy atom. The van der Waals surface area contributed by atoms with Crippen LogP contribution in [0.5, 0.6) is 0 Å². The third kappa shape index (κ3) is 4.31. The van der Waals surface area contributed by atoms with Crippen LogP contribution in [0.25, 0.3) is 22.4 Å². The fraction of sp³-hybridized carbons (Fsp3) is 0.167. The smallest absolute Gasteiger partial charge is 0.404 e. The highest BCUT2D eigenvalue weighted by Gasteiger charge is 2.16. The summed E-state index contributed by atoms with van der Waals surface area (Å²) in [4.78, 5) is 14.7. The zero-order valence-electron chi connectivity index (χ0n) is 13.9. The molecule has 26 heavy (non-hydrogen) atoms. The number of pyridine rings is 1. The molecule has 0 atom stereocenters. The minimum absolute atomic E-state index is 0.251. The van der Waals surface area contributed by atoms with Crippen LogP contribution in [0.4, 0.5) is 10.6 Å². The largest absolute Gasteiger partial charge is 0.450 e. The third-order valence-electron chi connectivity index (χ3n) is 3.73. The number of halogens is 1. The molecule has 0 bridgehead atoms. The molecular formula is C18H18ClN5O2. The summed E-state index contributed by atoms with van der Waals surface area (Å²) in [6.45, 7) is 0.831. The highest BCUT2D eigenvalue weighted by molar-refractivity contribution is 6.30. The van der Waals surface area contributed by atoms with Crippen LogP contribution < -0.4 is 11.1 Å². The minimum atomic E-state index is -0.771. The highest BCUT2D eigenvalue weighted by Crippen LogP contribution is 2.36. The first kappa shape index (κ1) is 17.8. The molecule has 1 aromatic carbocycles. The van der Waals surface area contributed by atoms with Crippen molar-refractivity contribution in [3.63, 3.8) is 0 Å². The van der Waals surface area contributed by atoms with Gasteiger partial charge in [0.05, 0.1) is 17.9 Å². The minimum Gasteiger partial charge on any atom is -0.450 e. The number of aromatic amines is 1. The Bertz CT molecular complexity index is 865. The summed E-state index contributed by atoms with van der Waals surface area (Å²) in [5.74, 6) is 0.709. The highest BCUT2D eigenvalue weighted by atomic mass is 35.5. The molecule has 8 heteroatoms. The average molecular weight is 372 g/mol. The molecule has 0 saturated heterocycles. The number of aromatic nitrogens is 3. The Morgan fingerprint density at radius 3 is 2.58 bits per heavy atom. The fourth-order valence-electron chi connectivity index (χ4n) is 2.55. The number of hydrogen-bond donors (Lipinski definition) is 3. The summed E-state index contributed by atoms with van der Waals surface area (Å²) in [6.07, 6.45) is 3.31. The Morgan fingerprint density at radius 2 is 1.88 bits per heavy atom. The van der Waals surface area contributed by atoms with Crippen LogP contribution in [0.15, 0.2) is 48.8 Å². The molecule has 3 aromatic rings. The number of nitrogens with one attached hydrogen (secondary N) is 2. The molecule has 0 radical (unpaired) electrons. The van der Waals surface area contributed by atoms with Crippen molar-refractivity contribution in [3.8, 4) is 22.4 Å². The van der Waals surface area contributed by atoms with E-state index in [1.807, 2.05) is 36.4 Å². The summed E-state index contributed by atoms with van der Waals surface area (Å²) in [6, 6.07) is 11.4. The van der Waals surface area contributed by atoms with Gasteiger partial charge in [-0.25, -0.2) is 4.79 Å². The molecule has 4 N–H and O–H groups in total. The molecule has 3 rings (SSSR count). The molecule has 0 saturated carbocycles. The Balaban J connectivity index is 1.85. The van der Waals surface area contributed by atoms with Crippen molar-refractivity contribution in [1.29, 1.82) is 0 Å². The zero-order chi connectivity index (χ0) is 18.4. The van der Waals surface area contributed by atoms with Gasteiger partial charge >= 0.3 is 6.09 Å². The van der Waals surface area contributed by atoms with Crippen LogP contribution >= 0.6 is 11.6 Å². The topological polar surface area (TPSA) is 106 Å². The normalized spacial score (nSPS) is 10.5. The van der Waals surface area contributed by atoms with Crippen molar-refractivity contribution in [1.82, 2.24) is 15.2 Å². The maximum Gasteiger partial charge on any atom is 0.404 e. The van der Waals surface area contributed by atoms with Crippen molar-refractivity contribution in [2.45, 2.75) is 6.42 Å². The second-order valence-electron chi connectivity index (χ2n) is 5.51. The molecule has 0 fully saturated rings. The van der Waals surface area contributed by atoms with Gasteiger partial charge in [-0.2, -0.15) is 5.10 Å². The van der Waals surface area contributed by atoms with Gasteiger partial charge in [0.1, 0.15) is 0 Å². The lowest BCUT2D eigenvalue weighted by atomic mass is 10.0. The summed E-state index contributed by atoms with van der Waals surface area (Å²) in [5.41, 5.74) is 8.72. The van der Waals surface area contributed by atoms with E-state index in [1.165, 1.54) is 0 Å². The summed E-state index contributed by atoms with van der Waals surface area (Å²) < 4.78 is 4.73. The van der Waals surface area contributed by atoms with Crippen molar-refractivity contribution in [2.75, 3.05) is 18.5 Å². The second kappa shape index (κ2) is 8.35. The van der Waals surface area contributed by atoms with Gasteiger partial charge in [0.25, 0.3) is 0 Å². The average Bonchev–Trinajstić information content (AvgIpc) is 3.06. The van der Waals surface area contributed by atoms with Crippen LogP contribution in [-0.2, 0) is 4.74 Å². The number of ether oxygens (including phenoxy) is 1. The van der Waals surface area contributed by atoms with E-state index < -0.39 is 6.09 Å². The number of hydrogen-bond acceptors (Lipinski definition) is 5. The molecule has 0 aliphatic heterocycles. The predicted octanol–water partition coefficient (Wildman–Crippen LogP) is 3.69. The number of H-pyrrole nitrogens is 1. The number of nitrogens with zero attached hydrogens (tertiary/aromatic N) is 2. The number of carbonyl (C=O) groups is 1. The quantitative estimate of drug-likeness (QED) is 0.549. The summed E-state index contributed by atoms with van der Waals surface area (Å²) in [7, 11) is 0. The van der Waals surface area contributed by atoms with E-state index in [-0.39, 0.29) is 6.61 Å². The first-order valence-electron chi connectivity index (χ1n) is 8.06. The first-order chi connectivity index (χ1) is 12.6. The van der Waals surface area contributed by atoms with Gasteiger partial charge < -0.3 is 15.8 Å². The number of nitrogens with two attached hydrogens (primary N) is 1. The van der Waals surface area contributed by atoms with E-state index >= 15 is 0 Å². The molecule has 2 heterocycles. The maximum absolute atomic E-state index is 10.6. The number of benzene rings is 1. The van der Waals surface area contributed by atoms with Crippen molar-refractivity contribution in [2.24, 2.45) is 5.73 Å². The van der Waals surface area contributed by atoms with E-state index in [1.54, 1.807) is 12.4 Å². The van der Waals surface area contributed by atoms with Crippen molar-refractivity contribution >= 4 is 23.5 Å². The Labute approximate surface area is 155 Å². The van der Waals surface area contributed by atoms with Gasteiger partial charge in [0, 0.05) is 29.5 Å². The molecule has 7 nitrogen and oxygen atoms in total. The van der Waals surface area contributed by atoms with Gasteiger partial charge in [0.15, 0.2) is 5.82 Å². The number of amides is 1. The lowest BCUT2D eigenvalue weighted by Gasteiger charge is -2.09. The molecule has 0 unspecified atom stereocenters. The van der Waals surface area contributed by atoms with Gasteiger partial charge in [-0.3, -0.25) is 10.1 Å². The van der Waals surface area contributed by atoms with E-state index in [9.17, 15) is 4.79 Å². The van der Waals surface area contributed by atoms with Crippen LogP contribution in [0.2, 0.25) is 5.02 Å². The van der Waals surface area contributed by atoms with Crippen LogP contribution in [-0.4, -0.2) is 34.4 Å². The summed E-state index contributed by atoms with van der Waals surface area (Å²) >= 11 is 5.99. The Kier molecular flexibility index (Phi) is 5.70. The zero-order valence-corrected chi connectivity index (χ0v) is 14.7. The van der Waals surface area contributed by atoms with E-state index in [4.69, 9.17) is 22.1 Å². The van der Waals surface area contributed by atoms with Gasteiger partial charge in [-0.1, -0.05) is 23.7 Å². The van der Waals surface area contributed by atoms with E-state index in [2.05, 4.69) is 20.5 Å². The lowest BCUT2D eigenvalue weighted by Crippen LogP contribution is -2.15. The van der Waals surface area contributed by atoms with Gasteiger partial charge in [-0.15, -0.1) is 0 Å². The van der Waals surface area contributed by atoms with E-state index in [0.29, 0.717) is 23.8 Å². The number of primary amides is 1. The molecule has 0 aliphatic carbocycles. The maximum atomic E-state index is 10.6. The molecule has 134 valence electrons. The molecule has 0 aliphatic rings.